The van der Waals surface area contributed by atoms with E-state index in [2.05, 4.69) is 15.2 Å². The van der Waals surface area contributed by atoms with Gasteiger partial charge in [0, 0.05) is 22.6 Å². The van der Waals surface area contributed by atoms with Crippen LogP contribution in [0, 0.1) is 0 Å². The van der Waals surface area contributed by atoms with Crippen molar-refractivity contribution in [2.45, 2.75) is 0 Å². The first kappa shape index (κ1) is 16.6. The number of hydrogen-bond donors (Lipinski definition) is 1. The van der Waals surface area contributed by atoms with Gasteiger partial charge in [-0.05, 0) is 18.2 Å². The van der Waals surface area contributed by atoms with E-state index in [-0.39, 0.29) is 11.3 Å². The minimum atomic E-state index is -0.113. The van der Waals surface area contributed by atoms with E-state index in [1.807, 2.05) is 60.7 Å². The average molecular weight is 390 g/mol. The number of aromatic amines is 1. The number of carbonyl (C=O) groups is 1. The summed E-state index contributed by atoms with van der Waals surface area (Å²) in [6, 6.07) is 22.3. The highest BCUT2D eigenvalue weighted by Gasteiger charge is 2.21. The van der Waals surface area contributed by atoms with E-state index in [0.717, 1.165) is 22.0 Å². The summed E-state index contributed by atoms with van der Waals surface area (Å²) in [6.07, 6.45) is 1.49. The summed E-state index contributed by atoms with van der Waals surface area (Å²) in [4.78, 5) is 28.8. The lowest BCUT2D eigenvalue weighted by atomic mass is 10.1. The lowest BCUT2D eigenvalue weighted by Gasteiger charge is -2.02. The molecule has 0 saturated heterocycles. The van der Waals surface area contributed by atoms with Crippen LogP contribution < -0.4 is 5.56 Å². The topological polar surface area (TPSA) is 79.1 Å². The van der Waals surface area contributed by atoms with Gasteiger partial charge in [0.1, 0.15) is 11.3 Å². The molecule has 0 saturated carbocycles. The number of fused-ring (bicyclic) bond motifs is 5. The predicted molar refractivity (Wildman–Crippen MR) is 116 cm³/mol. The first-order valence-corrected chi connectivity index (χ1v) is 9.54. The van der Waals surface area contributed by atoms with Crippen molar-refractivity contribution in [3.05, 3.63) is 100 Å². The fourth-order valence-corrected chi connectivity index (χ4v) is 4.06. The van der Waals surface area contributed by atoms with Gasteiger partial charge in [0.25, 0.3) is 5.56 Å². The first-order chi connectivity index (χ1) is 14.7. The zero-order valence-electron chi connectivity index (χ0n) is 15.7. The fraction of sp³-hybridized carbons (Fsp3) is 0. The van der Waals surface area contributed by atoms with Crippen LogP contribution in [-0.4, -0.2) is 15.2 Å². The Kier molecular flexibility index (Phi) is 3.37. The van der Waals surface area contributed by atoms with E-state index in [1.54, 1.807) is 16.5 Å². The Balaban J connectivity index is 1.63. The molecule has 0 aliphatic heterocycles. The molecule has 1 aliphatic carbocycles. The molecule has 3 aromatic carbocycles. The normalized spacial score (nSPS) is 13.6. The van der Waals surface area contributed by atoms with Crippen molar-refractivity contribution >= 4 is 44.6 Å². The van der Waals surface area contributed by atoms with Crippen LogP contribution in [0.1, 0.15) is 15.9 Å². The third kappa shape index (κ3) is 2.24. The highest BCUT2D eigenvalue weighted by molar-refractivity contribution is 6.16. The molecule has 6 nitrogen and oxygen atoms in total. The predicted octanol–water partition coefficient (Wildman–Crippen LogP) is 5.26. The number of aromatic nitrogens is 2. The molecule has 5 aromatic rings. The summed E-state index contributed by atoms with van der Waals surface area (Å²) in [5.41, 5.74) is 4.41. The Morgan fingerprint density at radius 3 is 2.30 bits per heavy atom. The van der Waals surface area contributed by atoms with Gasteiger partial charge in [-0.2, -0.15) is 0 Å². The highest BCUT2D eigenvalue weighted by atomic mass is 16.1. The van der Waals surface area contributed by atoms with Crippen LogP contribution >= 0.6 is 0 Å². The summed E-state index contributed by atoms with van der Waals surface area (Å²) < 4.78 is 1.63. The van der Waals surface area contributed by atoms with Crippen LogP contribution in [0.2, 0.25) is 0 Å². The minimum absolute atomic E-state index is 0.0782. The van der Waals surface area contributed by atoms with Crippen LogP contribution in [0.4, 0.5) is 5.69 Å². The second-order valence-electron chi connectivity index (χ2n) is 7.16. The lowest BCUT2D eigenvalue weighted by Crippen LogP contribution is -2.13. The molecule has 0 amide bonds. The first-order valence-electron chi connectivity index (χ1n) is 9.54. The third-order valence-electron chi connectivity index (χ3n) is 5.46. The van der Waals surface area contributed by atoms with Gasteiger partial charge in [-0.25, -0.2) is 0 Å². The zero-order chi connectivity index (χ0) is 20.2. The molecule has 0 atom stereocenters. The number of carbonyl (C=O) groups excluding carboxylic acids is 1. The molecule has 30 heavy (non-hydrogen) atoms. The van der Waals surface area contributed by atoms with E-state index >= 15 is 0 Å². The van der Waals surface area contributed by atoms with E-state index < -0.39 is 0 Å². The number of para-hydroxylation sites is 2. The van der Waals surface area contributed by atoms with Crippen molar-refractivity contribution in [1.29, 1.82) is 0 Å². The largest absolute Gasteiger partial charge is 0.339 e. The number of allylic oxidation sites excluding steroid dienone is 1. The summed E-state index contributed by atoms with van der Waals surface area (Å²) in [6.45, 7) is 0. The number of benzene rings is 3. The molecular formula is C24H14N4O2. The van der Waals surface area contributed by atoms with Crippen molar-refractivity contribution in [1.82, 2.24) is 9.38 Å². The number of azo groups is 1. The van der Waals surface area contributed by atoms with Gasteiger partial charge in [-0.15, -0.1) is 10.2 Å². The number of ketones is 1. The number of nitrogens with zero attached hydrogens (tertiary/aromatic N) is 3. The fourth-order valence-electron chi connectivity index (χ4n) is 4.06. The molecule has 0 fully saturated rings. The SMILES string of the molecule is O=C1C=C(N=Nc2c3ccccc3n3c(=O)c4ccccc4[nH]c23)c2ccccc21. The molecule has 1 aliphatic rings. The zero-order valence-corrected chi connectivity index (χ0v) is 15.7. The van der Waals surface area contributed by atoms with E-state index in [0.29, 0.717) is 28.0 Å². The Bertz CT molecular complexity index is 1640. The van der Waals surface area contributed by atoms with Crippen LogP contribution in [0.5, 0.6) is 0 Å². The van der Waals surface area contributed by atoms with Gasteiger partial charge in [-0.3, -0.25) is 14.0 Å². The summed E-state index contributed by atoms with van der Waals surface area (Å²) in [5.74, 6) is -0.0782. The monoisotopic (exact) mass is 390 g/mol. The average Bonchev–Trinajstić information content (AvgIpc) is 3.27. The summed E-state index contributed by atoms with van der Waals surface area (Å²) in [7, 11) is 0. The number of nitrogens with one attached hydrogen (secondary N) is 1. The summed E-state index contributed by atoms with van der Waals surface area (Å²) in [5, 5.41) is 10.3. The summed E-state index contributed by atoms with van der Waals surface area (Å²) >= 11 is 0. The Morgan fingerprint density at radius 1 is 0.733 bits per heavy atom. The van der Waals surface area contributed by atoms with E-state index in [4.69, 9.17) is 0 Å². The van der Waals surface area contributed by atoms with Crippen molar-refractivity contribution in [3.63, 3.8) is 0 Å². The van der Waals surface area contributed by atoms with E-state index in [9.17, 15) is 9.59 Å². The van der Waals surface area contributed by atoms with Crippen LogP contribution in [0.25, 0.3) is 33.2 Å². The van der Waals surface area contributed by atoms with Crippen molar-refractivity contribution in [3.8, 4) is 0 Å². The molecule has 6 heteroatoms. The quantitative estimate of drug-likeness (QED) is 0.418. The van der Waals surface area contributed by atoms with Crippen molar-refractivity contribution in [2.75, 3.05) is 0 Å². The maximum Gasteiger partial charge on any atom is 0.266 e. The standard InChI is InChI=1S/C24H14N4O2/c29-21-13-19(14-7-1-2-8-15(14)21)26-27-22-17-10-4-6-12-20(17)28-23(22)25-18-11-5-3-9-16(18)24(28)30/h1-13,25H. The Morgan fingerprint density at radius 2 is 1.43 bits per heavy atom. The third-order valence-corrected chi connectivity index (χ3v) is 5.46. The maximum atomic E-state index is 13.2. The van der Waals surface area contributed by atoms with Gasteiger partial charge in [0.05, 0.1) is 22.1 Å². The molecule has 2 aromatic heterocycles. The molecule has 0 radical (unpaired) electrons. The van der Waals surface area contributed by atoms with Crippen LogP contribution in [0.15, 0.2) is 93.9 Å². The molecule has 0 bridgehead atoms. The smallest absolute Gasteiger partial charge is 0.266 e. The van der Waals surface area contributed by atoms with Gasteiger partial charge in [-0.1, -0.05) is 54.6 Å². The molecule has 0 unspecified atom stereocenters. The molecule has 142 valence electrons. The van der Waals surface area contributed by atoms with Gasteiger partial charge >= 0.3 is 0 Å². The van der Waals surface area contributed by atoms with Crippen LogP contribution in [0.3, 0.4) is 0 Å². The van der Waals surface area contributed by atoms with Crippen molar-refractivity contribution < 1.29 is 4.79 Å². The molecule has 1 N–H and O–H groups in total. The van der Waals surface area contributed by atoms with Gasteiger partial charge < -0.3 is 4.98 Å². The molecular weight excluding hydrogens is 376 g/mol. The maximum absolute atomic E-state index is 13.2. The second kappa shape index (κ2) is 6.09. The van der Waals surface area contributed by atoms with Crippen LogP contribution in [-0.2, 0) is 0 Å². The second-order valence-corrected chi connectivity index (χ2v) is 7.16. The number of hydrogen-bond acceptors (Lipinski definition) is 4. The van der Waals surface area contributed by atoms with Gasteiger partial charge in [0.15, 0.2) is 5.78 Å². The Labute approximate surface area is 169 Å². The lowest BCUT2D eigenvalue weighted by molar-refractivity contribution is 0.105. The Hall–Kier alpha value is -4.32. The van der Waals surface area contributed by atoms with E-state index in [1.165, 1.54) is 6.08 Å². The number of H-pyrrole nitrogens is 1. The molecule has 2 heterocycles. The number of rotatable bonds is 2. The highest BCUT2D eigenvalue weighted by Crippen LogP contribution is 2.35. The molecule has 6 rings (SSSR count). The van der Waals surface area contributed by atoms with Crippen molar-refractivity contribution in [2.24, 2.45) is 10.2 Å². The minimum Gasteiger partial charge on any atom is -0.339 e. The van der Waals surface area contributed by atoms with Gasteiger partial charge in [0.2, 0.25) is 0 Å². The molecule has 0 spiro atoms.